The highest BCUT2D eigenvalue weighted by Gasteiger charge is 2.44. The maximum atomic E-state index is 13.7. The molecule has 1 aliphatic heterocycles. The SMILES string of the molecule is CC[C@H](C)[C@H](NC(=O)[C@@H]1C[C@@H](OC(C)(C)C)CN1C(=O)OCC1c2ccccc2-c2ccccc21)C(=O)OC(C)(C)C. The number of benzene rings is 2. The zero-order valence-corrected chi connectivity index (χ0v) is 26.2. The summed E-state index contributed by atoms with van der Waals surface area (Å²) in [5, 5.41) is 2.91. The molecule has 0 unspecified atom stereocenters. The molecule has 0 saturated carbocycles. The summed E-state index contributed by atoms with van der Waals surface area (Å²) >= 11 is 0. The summed E-state index contributed by atoms with van der Waals surface area (Å²) in [5.74, 6) is -1.16. The number of esters is 1. The number of rotatable bonds is 8. The quantitative estimate of drug-likeness (QED) is 0.383. The topological polar surface area (TPSA) is 94.2 Å². The Balaban J connectivity index is 1.52. The number of nitrogens with zero attached hydrogens (tertiary/aromatic N) is 1. The molecule has 2 aliphatic rings. The number of nitrogens with one attached hydrogen (secondary N) is 1. The third kappa shape index (κ3) is 7.33. The van der Waals surface area contributed by atoms with Crippen molar-refractivity contribution in [2.75, 3.05) is 13.2 Å². The summed E-state index contributed by atoms with van der Waals surface area (Å²) < 4.78 is 17.7. The maximum Gasteiger partial charge on any atom is 0.410 e. The van der Waals surface area contributed by atoms with Gasteiger partial charge in [-0.2, -0.15) is 0 Å². The van der Waals surface area contributed by atoms with Gasteiger partial charge < -0.3 is 19.5 Å². The Hall–Kier alpha value is -3.39. The molecule has 0 spiro atoms. The molecule has 2 amide bonds. The van der Waals surface area contributed by atoms with Crippen LogP contribution in [0, 0.1) is 5.92 Å². The molecule has 4 rings (SSSR count). The van der Waals surface area contributed by atoms with Crippen LogP contribution in [0.15, 0.2) is 48.5 Å². The van der Waals surface area contributed by atoms with Crippen molar-refractivity contribution >= 4 is 18.0 Å². The van der Waals surface area contributed by atoms with Crippen LogP contribution < -0.4 is 5.32 Å². The van der Waals surface area contributed by atoms with Crippen molar-refractivity contribution in [3.05, 3.63) is 59.7 Å². The van der Waals surface area contributed by atoms with Crippen LogP contribution in [0.25, 0.3) is 11.1 Å². The fourth-order valence-corrected chi connectivity index (χ4v) is 5.79. The van der Waals surface area contributed by atoms with Crippen molar-refractivity contribution < 1.29 is 28.6 Å². The molecule has 8 heteroatoms. The molecule has 1 heterocycles. The van der Waals surface area contributed by atoms with Gasteiger partial charge in [0.25, 0.3) is 0 Å². The summed E-state index contributed by atoms with van der Waals surface area (Å²) in [5.41, 5.74) is 3.36. The van der Waals surface area contributed by atoms with Crippen molar-refractivity contribution in [2.45, 2.75) is 104 Å². The van der Waals surface area contributed by atoms with E-state index in [-0.39, 0.29) is 31.1 Å². The Morgan fingerprint density at radius 3 is 2.02 bits per heavy atom. The average molecular weight is 579 g/mol. The summed E-state index contributed by atoms with van der Waals surface area (Å²) in [6.07, 6.45) is 0.0365. The molecular formula is C34H46N2O6. The molecule has 1 fully saturated rings. The number of fused-ring (bicyclic) bond motifs is 3. The fraction of sp³-hybridized carbons (Fsp3) is 0.559. The Morgan fingerprint density at radius 1 is 0.929 bits per heavy atom. The Labute approximate surface area is 250 Å². The Kier molecular flexibility index (Phi) is 9.36. The minimum Gasteiger partial charge on any atom is -0.458 e. The van der Waals surface area contributed by atoms with Gasteiger partial charge in [-0.15, -0.1) is 0 Å². The van der Waals surface area contributed by atoms with Gasteiger partial charge in [0, 0.05) is 12.3 Å². The van der Waals surface area contributed by atoms with E-state index in [1.54, 1.807) is 20.8 Å². The van der Waals surface area contributed by atoms with E-state index >= 15 is 0 Å². The highest BCUT2D eigenvalue weighted by Crippen LogP contribution is 2.44. The molecule has 1 N–H and O–H groups in total. The monoisotopic (exact) mass is 578 g/mol. The molecule has 2 aromatic rings. The minimum absolute atomic E-state index is 0.0974. The van der Waals surface area contributed by atoms with Gasteiger partial charge in [-0.1, -0.05) is 68.8 Å². The van der Waals surface area contributed by atoms with E-state index in [0.717, 1.165) is 22.3 Å². The highest BCUT2D eigenvalue weighted by molar-refractivity contribution is 5.90. The van der Waals surface area contributed by atoms with E-state index in [4.69, 9.17) is 14.2 Å². The van der Waals surface area contributed by atoms with Crippen LogP contribution in [0.3, 0.4) is 0 Å². The van der Waals surface area contributed by atoms with Gasteiger partial charge >= 0.3 is 12.1 Å². The molecule has 8 nitrogen and oxygen atoms in total. The summed E-state index contributed by atoms with van der Waals surface area (Å²) in [4.78, 5) is 41.9. The first kappa shape index (κ1) is 31.5. The molecular weight excluding hydrogens is 532 g/mol. The van der Waals surface area contributed by atoms with E-state index in [1.165, 1.54) is 4.90 Å². The first-order chi connectivity index (χ1) is 19.7. The molecule has 1 aliphatic carbocycles. The van der Waals surface area contributed by atoms with Crippen molar-refractivity contribution in [1.82, 2.24) is 10.2 Å². The van der Waals surface area contributed by atoms with Gasteiger partial charge in [0.15, 0.2) is 0 Å². The molecule has 0 aromatic heterocycles. The molecule has 1 saturated heterocycles. The highest BCUT2D eigenvalue weighted by atomic mass is 16.6. The standard InChI is InChI=1S/C34H46N2O6/c1-9-21(2)29(31(38)42-34(6,7)8)35-30(37)28-18-22(41-33(3,4)5)19-36(28)32(39)40-20-27-25-16-12-10-14-23(25)24-15-11-13-17-26(24)27/h10-17,21-22,27-29H,9,18-20H2,1-8H3,(H,35,37)/t21-,22+,28-,29-/m0/s1. The molecule has 4 atom stereocenters. The van der Waals surface area contributed by atoms with Crippen LogP contribution in [0.1, 0.15) is 85.3 Å². The van der Waals surface area contributed by atoms with Gasteiger partial charge in [-0.3, -0.25) is 9.69 Å². The second-order valence-corrected chi connectivity index (χ2v) is 13.5. The number of amides is 2. The third-order valence-electron chi connectivity index (χ3n) is 7.83. The first-order valence-corrected chi connectivity index (χ1v) is 15.0. The maximum absolute atomic E-state index is 13.7. The lowest BCUT2D eigenvalue weighted by Gasteiger charge is -2.30. The van der Waals surface area contributed by atoms with E-state index in [2.05, 4.69) is 29.6 Å². The smallest absolute Gasteiger partial charge is 0.410 e. The van der Waals surface area contributed by atoms with Crippen LogP contribution in [-0.2, 0) is 23.8 Å². The lowest BCUT2D eigenvalue weighted by atomic mass is 9.98. The minimum atomic E-state index is -0.845. The van der Waals surface area contributed by atoms with Crippen molar-refractivity contribution in [3.8, 4) is 11.1 Å². The normalized spacial score (nSPS) is 20.0. The molecule has 2 aromatic carbocycles. The van der Waals surface area contributed by atoms with Crippen LogP contribution in [0.5, 0.6) is 0 Å². The van der Waals surface area contributed by atoms with Crippen molar-refractivity contribution in [3.63, 3.8) is 0 Å². The van der Waals surface area contributed by atoms with Crippen LogP contribution in [0.2, 0.25) is 0 Å². The second-order valence-electron chi connectivity index (χ2n) is 13.5. The van der Waals surface area contributed by atoms with E-state index in [9.17, 15) is 14.4 Å². The molecule has 42 heavy (non-hydrogen) atoms. The first-order valence-electron chi connectivity index (χ1n) is 15.0. The van der Waals surface area contributed by atoms with Gasteiger partial charge in [-0.25, -0.2) is 9.59 Å². The molecule has 228 valence electrons. The summed E-state index contributed by atoms with van der Waals surface area (Å²) in [6.45, 7) is 15.4. The van der Waals surface area contributed by atoms with Crippen LogP contribution in [-0.4, -0.2) is 65.4 Å². The number of hydrogen-bond acceptors (Lipinski definition) is 6. The van der Waals surface area contributed by atoms with E-state index in [1.807, 2.05) is 58.9 Å². The second kappa shape index (κ2) is 12.5. The van der Waals surface area contributed by atoms with Crippen LogP contribution in [0.4, 0.5) is 4.79 Å². The lowest BCUT2D eigenvalue weighted by Crippen LogP contribution is -2.54. The third-order valence-corrected chi connectivity index (χ3v) is 7.83. The van der Waals surface area contributed by atoms with E-state index < -0.39 is 41.3 Å². The molecule has 0 radical (unpaired) electrons. The fourth-order valence-electron chi connectivity index (χ4n) is 5.79. The summed E-state index contributed by atoms with van der Waals surface area (Å²) in [6, 6.07) is 14.6. The Morgan fingerprint density at radius 2 is 1.50 bits per heavy atom. The largest absolute Gasteiger partial charge is 0.458 e. The molecule has 0 bridgehead atoms. The number of ether oxygens (including phenoxy) is 3. The van der Waals surface area contributed by atoms with E-state index in [0.29, 0.717) is 12.8 Å². The number of carbonyl (C=O) groups excluding carboxylic acids is 3. The predicted octanol–water partition coefficient (Wildman–Crippen LogP) is 6.07. The number of carbonyl (C=O) groups is 3. The van der Waals surface area contributed by atoms with Crippen molar-refractivity contribution in [2.24, 2.45) is 5.92 Å². The summed E-state index contributed by atoms with van der Waals surface area (Å²) in [7, 11) is 0. The number of likely N-dealkylation sites (tertiary alicyclic amines) is 1. The van der Waals surface area contributed by atoms with Crippen molar-refractivity contribution in [1.29, 1.82) is 0 Å². The average Bonchev–Trinajstić information content (AvgIpc) is 3.47. The van der Waals surface area contributed by atoms with Gasteiger partial charge in [-0.05, 0) is 69.7 Å². The van der Waals surface area contributed by atoms with Gasteiger partial charge in [0.05, 0.1) is 18.2 Å². The lowest BCUT2D eigenvalue weighted by molar-refractivity contribution is -0.160. The van der Waals surface area contributed by atoms with Gasteiger partial charge in [0.2, 0.25) is 5.91 Å². The predicted molar refractivity (Wildman–Crippen MR) is 162 cm³/mol. The zero-order chi connectivity index (χ0) is 30.8. The van der Waals surface area contributed by atoms with Crippen LogP contribution >= 0.6 is 0 Å². The Bertz CT molecular complexity index is 1250. The zero-order valence-electron chi connectivity index (χ0n) is 26.2. The van der Waals surface area contributed by atoms with Gasteiger partial charge in [0.1, 0.15) is 24.3 Å². The number of hydrogen-bond donors (Lipinski definition) is 1.